The predicted molar refractivity (Wildman–Crippen MR) is 60.4 cm³/mol. The van der Waals surface area contributed by atoms with Gasteiger partial charge in [-0.25, -0.2) is 0 Å². The van der Waals surface area contributed by atoms with Gasteiger partial charge in [-0.3, -0.25) is 4.98 Å². The normalized spacial score (nSPS) is 16.5. The highest BCUT2D eigenvalue weighted by atomic mass is 16.5. The van der Waals surface area contributed by atoms with Gasteiger partial charge in [-0.1, -0.05) is 18.0 Å². The van der Waals surface area contributed by atoms with Crippen molar-refractivity contribution in [2.75, 3.05) is 0 Å². The summed E-state index contributed by atoms with van der Waals surface area (Å²) in [4.78, 5) is 8.17. The van der Waals surface area contributed by atoms with Gasteiger partial charge in [0.05, 0.1) is 11.8 Å². The van der Waals surface area contributed by atoms with Crippen LogP contribution in [-0.4, -0.2) is 20.2 Å². The molecule has 5 heteroatoms. The van der Waals surface area contributed by atoms with Gasteiger partial charge < -0.3 is 9.63 Å². The van der Waals surface area contributed by atoms with Crippen molar-refractivity contribution in [2.24, 2.45) is 0 Å². The molecule has 0 spiro atoms. The number of aromatic hydroxyl groups is 1. The molecule has 0 amide bonds. The number of rotatable bonds is 2. The Bertz CT molecular complexity index is 518. The molecule has 17 heavy (non-hydrogen) atoms. The Morgan fingerprint density at radius 1 is 1.29 bits per heavy atom. The van der Waals surface area contributed by atoms with Crippen molar-refractivity contribution in [1.82, 2.24) is 15.1 Å². The number of nitrogens with zero attached hydrogens (tertiary/aromatic N) is 3. The van der Waals surface area contributed by atoms with Crippen LogP contribution >= 0.6 is 0 Å². The molecule has 0 saturated heterocycles. The quantitative estimate of drug-likeness (QED) is 0.859. The second-order valence-electron chi connectivity index (χ2n) is 4.33. The van der Waals surface area contributed by atoms with Gasteiger partial charge in [0, 0.05) is 12.1 Å². The van der Waals surface area contributed by atoms with Gasteiger partial charge in [-0.05, 0) is 18.9 Å². The van der Waals surface area contributed by atoms with Crippen LogP contribution in [-0.2, 0) is 0 Å². The van der Waals surface area contributed by atoms with E-state index in [2.05, 4.69) is 15.1 Å². The molecule has 2 aromatic rings. The molecule has 1 aliphatic carbocycles. The fraction of sp³-hybridized carbons (Fsp3) is 0.417. The van der Waals surface area contributed by atoms with Crippen LogP contribution in [0.15, 0.2) is 23.0 Å². The number of aromatic nitrogens is 3. The summed E-state index contributed by atoms with van der Waals surface area (Å²) in [7, 11) is 0. The molecule has 0 atom stereocenters. The lowest BCUT2D eigenvalue weighted by atomic mass is 10.1. The second kappa shape index (κ2) is 4.16. The lowest BCUT2D eigenvalue weighted by Gasteiger charge is -1.99. The van der Waals surface area contributed by atoms with Gasteiger partial charge in [0.15, 0.2) is 5.82 Å². The Morgan fingerprint density at radius 2 is 2.12 bits per heavy atom. The summed E-state index contributed by atoms with van der Waals surface area (Å²) in [5.41, 5.74) is 0.539. The molecule has 1 aliphatic rings. The van der Waals surface area contributed by atoms with Crippen LogP contribution < -0.4 is 0 Å². The lowest BCUT2D eigenvalue weighted by molar-refractivity contribution is 0.411. The molecular weight excluding hydrogens is 218 g/mol. The van der Waals surface area contributed by atoms with Gasteiger partial charge in [0.2, 0.25) is 0 Å². The molecule has 1 N–H and O–H groups in total. The van der Waals surface area contributed by atoms with Crippen molar-refractivity contribution >= 4 is 0 Å². The van der Waals surface area contributed by atoms with E-state index in [1.165, 1.54) is 19.0 Å². The first kappa shape index (κ1) is 10.3. The Balaban J connectivity index is 1.92. The molecule has 0 bridgehead atoms. The zero-order chi connectivity index (χ0) is 11.7. The van der Waals surface area contributed by atoms with E-state index < -0.39 is 0 Å². The van der Waals surface area contributed by atoms with E-state index in [0.29, 0.717) is 17.4 Å². The van der Waals surface area contributed by atoms with Crippen molar-refractivity contribution in [3.8, 4) is 17.2 Å². The van der Waals surface area contributed by atoms with Gasteiger partial charge in [-0.15, -0.1) is 0 Å². The molecular formula is C12H13N3O2. The minimum Gasteiger partial charge on any atom is -0.505 e. The SMILES string of the molecule is Oc1cnccc1-c1nc(C2CCCC2)no1. The van der Waals surface area contributed by atoms with Gasteiger partial charge in [0.25, 0.3) is 5.89 Å². The molecule has 1 fully saturated rings. The van der Waals surface area contributed by atoms with Gasteiger partial charge >= 0.3 is 0 Å². The number of pyridine rings is 1. The fourth-order valence-electron chi connectivity index (χ4n) is 2.26. The topological polar surface area (TPSA) is 72.0 Å². The first-order valence-corrected chi connectivity index (χ1v) is 5.81. The molecule has 5 nitrogen and oxygen atoms in total. The Morgan fingerprint density at radius 3 is 2.88 bits per heavy atom. The molecule has 0 aliphatic heterocycles. The molecule has 0 aromatic carbocycles. The summed E-state index contributed by atoms with van der Waals surface area (Å²) in [5, 5.41) is 13.6. The largest absolute Gasteiger partial charge is 0.505 e. The van der Waals surface area contributed by atoms with E-state index in [9.17, 15) is 5.11 Å². The van der Waals surface area contributed by atoms with E-state index in [4.69, 9.17) is 4.52 Å². The maximum atomic E-state index is 9.65. The highest BCUT2D eigenvalue weighted by Crippen LogP contribution is 2.34. The smallest absolute Gasteiger partial charge is 0.261 e. The maximum absolute atomic E-state index is 9.65. The Labute approximate surface area is 98.5 Å². The van der Waals surface area contributed by atoms with Crippen LogP contribution in [0.25, 0.3) is 11.5 Å². The number of hydrogen-bond donors (Lipinski definition) is 1. The molecule has 1 saturated carbocycles. The summed E-state index contributed by atoms with van der Waals surface area (Å²) < 4.78 is 5.20. The molecule has 0 unspecified atom stereocenters. The van der Waals surface area contributed by atoms with E-state index >= 15 is 0 Å². The van der Waals surface area contributed by atoms with Crippen molar-refractivity contribution < 1.29 is 9.63 Å². The molecule has 88 valence electrons. The minimum absolute atomic E-state index is 0.0640. The van der Waals surface area contributed by atoms with E-state index in [0.717, 1.165) is 18.7 Å². The number of hydrogen-bond acceptors (Lipinski definition) is 5. The standard InChI is InChI=1S/C12H13N3O2/c16-10-7-13-6-5-9(10)12-14-11(15-17-12)8-3-1-2-4-8/h5-8,16H,1-4H2. The molecule has 2 heterocycles. The Hall–Kier alpha value is -1.91. The summed E-state index contributed by atoms with van der Waals surface area (Å²) in [5.74, 6) is 1.60. The zero-order valence-corrected chi connectivity index (χ0v) is 9.33. The summed E-state index contributed by atoms with van der Waals surface area (Å²) >= 11 is 0. The Kier molecular flexibility index (Phi) is 2.51. The molecule has 2 aromatic heterocycles. The highest BCUT2D eigenvalue weighted by Gasteiger charge is 2.23. The minimum atomic E-state index is 0.0640. The van der Waals surface area contributed by atoms with E-state index in [1.807, 2.05) is 0 Å². The predicted octanol–water partition coefficient (Wildman–Crippen LogP) is 2.49. The third-order valence-corrected chi connectivity index (χ3v) is 3.19. The lowest BCUT2D eigenvalue weighted by Crippen LogP contribution is -1.94. The fourth-order valence-corrected chi connectivity index (χ4v) is 2.26. The van der Waals surface area contributed by atoms with E-state index in [1.54, 1.807) is 12.3 Å². The van der Waals surface area contributed by atoms with E-state index in [-0.39, 0.29) is 5.75 Å². The van der Waals surface area contributed by atoms with Gasteiger partial charge in [0.1, 0.15) is 5.75 Å². The summed E-state index contributed by atoms with van der Waals surface area (Å²) in [6.45, 7) is 0. The highest BCUT2D eigenvalue weighted by molar-refractivity contribution is 5.60. The van der Waals surface area contributed by atoms with Crippen LogP contribution in [0.4, 0.5) is 0 Å². The zero-order valence-electron chi connectivity index (χ0n) is 9.33. The maximum Gasteiger partial charge on any atom is 0.261 e. The molecule has 3 rings (SSSR count). The van der Waals surface area contributed by atoms with Crippen LogP contribution in [0.2, 0.25) is 0 Å². The average molecular weight is 231 g/mol. The first-order valence-electron chi connectivity index (χ1n) is 5.81. The van der Waals surface area contributed by atoms with Crippen LogP contribution in [0.1, 0.15) is 37.4 Å². The van der Waals surface area contributed by atoms with Crippen LogP contribution in [0.5, 0.6) is 5.75 Å². The van der Waals surface area contributed by atoms with Gasteiger partial charge in [-0.2, -0.15) is 4.98 Å². The van der Waals surface area contributed by atoms with Crippen molar-refractivity contribution in [3.05, 3.63) is 24.3 Å². The second-order valence-corrected chi connectivity index (χ2v) is 4.33. The van der Waals surface area contributed by atoms with Crippen molar-refractivity contribution in [1.29, 1.82) is 0 Å². The third kappa shape index (κ3) is 1.88. The average Bonchev–Trinajstić information content (AvgIpc) is 3.00. The van der Waals surface area contributed by atoms with Crippen LogP contribution in [0.3, 0.4) is 0 Å². The monoisotopic (exact) mass is 231 g/mol. The third-order valence-electron chi connectivity index (χ3n) is 3.19. The summed E-state index contributed by atoms with van der Waals surface area (Å²) in [6, 6.07) is 1.67. The first-order chi connectivity index (χ1) is 8.34. The van der Waals surface area contributed by atoms with Crippen molar-refractivity contribution in [2.45, 2.75) is 31.6 Å². The summed E-state index contributed by atoms with van der Waals surface area (Å²) in [6.07, 6.45) is 7.68. The van der Waals surface area contributed by atoms with Crippen LogP contribution in [0, 0.1) is 0 Å². The molecule has 0 radical (unpaired) electrons. The van der Waals surface area contributed by atoms with Crippen molar-refractivity contribution in [3.63, 3.8) is 0 Å².